The van der Waals surface area contributed by atoms with E-state index in [4.69, 9.17) is 4.74 Å². The second-order valence-electron chi connectivity index (χ2n) is 11.2. The van der Waals surface area contributed by atoms with E-state index in [0.29, 0.717) is 17.1 Å². The number of pyridine rings is 1. The monoisotopic (exact) mass is 597 g/mol. The standard InChI is InChI=1S/C33H32FN5O5/c1-3-37-12-14-38(15-13-37)28-9-8-27(40)30(35-28)24-7-4-21(16-26(24)34)10-11-33(18-29(41)36-32(33)43)20-39-19-22-5-6-23(44-2)17-25(22)31(39)42/h4-9,16-17,40H,3,12-15,18-20H2,1-2H3,(H,36,41,43)/t33-/m1/s1. The summed E-state index contributed by atoms with van der Waals surface area (Å²) in [6.07, 6.45) is -0.222. The van der Waals surface area contributed by atoms with Crippen LogP contribution in [0.2, 0.25) is 0 Å². The number of hydrogen-bond donors (Lipinski definition) is 2. The molecule has 6 rings (SSSR count). The van der Waals surface area contributed by atoms with Gasteiger partial charge >= 0.3 is 0 Å². The number of anilines is 1. The van der Waals surface area contributed by atoms with Crippen molar-refractivity contribution in [3.8, 4) is 34.6 Å². The number of likely N-dealkylation sites (N-methyl/N-ethyl adjacent to an activating group) is 1. The maximum absolute atomic E-state index is 15.5. The van der Waals surface area contributed by atoms with Crippen molar-refractivity contribution in [2.45, 2.75) is 19.9 Å². The average molecular weight is 598 g/mol. The van der Waals surface area contributed by atoms with Crippen LogP contribution in [-0.4, -0.2) is 84.0 Å². The van der Waals surface area contributed by atoms with Crippen molar-refractivity contribution in [3.05, 3.63) is 71.0 Å². The van der Waals surface area contributed by atoms with Crippen LogP contribution in [0.3, 0.4) is 0 Å². The van der Waals surface area contributed by atoms with Gasteiger partial charge in [0.25, 0.3) is 5.91 Å². The van der Waals surface area contributed by atoms with E-state index in [2.05, 4.69) is 38.9 Å². The third kappa shape index (κ3) is 5.44. The zero-order valence-electron chi connectivity index (χ0n) is 24.5. The number of hydrogen-bond acceptors (Lipinski definition) is 8. The molecular formula is C33H32FN5O5. The number of ether oxygens (including phenoxy) is 1. The molecule has 3 aliphatic rings. The van der Waals surface area contributed by atoms with Crippen molar-refractivity contribution < 1.29 is 28.6 Å². The zero-order chi connectivity index (χ0) is 31.0. The molecule has 0 aliphatic carbocycles. The van der Waals surface area contributed by atoms with Gasteiger partial charge in [-0.2, -0.15) is 0 Å². The van der Waals surface area contributed by atoms with Gasteiger partial charge in [0, 0.05) is 56.0 Å². The number of carbonyl (C=O) groups is 3. The summed E-state index contributed by atoms with van der Waals surface area (Å²) in [4.78, 5) is 49.0. The van der Waals surface area contributed by atoms with Crippen LogP contribution in [-0.2, 0) is 16.1 Å². The number of amides is 3. The average Bonchev–Trinajstić information content (AvgIpc) is 3.49. The molecule has 44 heavy (non-hydrogen) atoms. The molecule has 226 valence electrons. The quantitative estimate of drug-likeness (QED) is 0.330. The van der Waals surface area contributed by atoms with Gasteiger partial charge in [-0.15, -0.1) is 0 Å². The number of benzene rings is 2. The smallest absolute Gasteiger partial charge is 0.254 e. The van der Waals surface area contributed by atoms with E-state index in [9.17, 15) is 19.5 Å². The Hall–Kier alpha value is -4.95. The summed E-state index contributed by atoms with van der Waals surface area (Å²) in [6, 6.07) is 12.7. The molecule has 2 aromatic carbocycles. The van der Waals surface area contributed by atoms with Gasteiger partial charge in [0.15, 0.2) is 0 Å². The number of halogens is 1. The molecule has 11 heteroatoms. The summed E-state index contributed by atoms with van der Waals surface area (Å²) in [6.45, 7) is 6.61. The fraction of sp³-hybridized carbons (Fsp3) is 0.333. The summed E-state index contributed by atoms with van der Waals surface area (Å²) in [5.74, 6) is 4.79. The summed E-state index contributed by atoms with van der Waals surface area (Å²) in [5, 5.41) is 12.9. The van der Waals surface area contributed by atoms with Gasteiger partial charge in [-0.1, -0.05) is 24.8 Å². The minimum absolute atomic E-state index is 0.106. The molecule has 2 N–H and O–H groups in total. The van der Waals surface area contributed by atoms with Gasteiger partial charge < -0.3 is 24.5 Å². The summed E-state index contributed by atoms with van der Waals surface area (Å²) < 4.78 is 20.7. The highest BCUT2D eigenvalue weighted by atomic mass is 19.1. The van der Waals surface area contributed by atoms with Gasteiger partial charge in [0.05, 0.1) is 13.5 Å². The van der Waals surface area contributed by atoms with Gasteiger partial charge in [-0.05, 0) is 54.6 Å². The minimum Gasteiger partial charge on any atom is -0.506 e. The van der Waals surface area contributed by atoms with E-state index < -0.39 is 23.0 Å². The number of nitrogens with zero attached hydrogens (tertiary/aromatic N) is 4. The Morgan fingerprint density at radius 2 is 1.84 bits per heavy atom. The maximum atomic E-state index is 15.5. The second-order valence-corrected chi connectivity index (χ2v) is 11.2. The number of rotatable bonds is 6. The van der Waals surface area contributed by atoms with Crippen LogP contribution in [0.1, 0.15) is 34.8 Å². The highest BCUT2D eigenvalue weighted by Gasteiger charge is 2.48. The first-order valence-corrected chi connectivity index (χ1v) is 14.5. The Kier molecular flexibility index (Phi) is 7.69. The molecule has 1 aromatic heterocycles. The molecule has 2 saturated heterocycles. The van der Waals surface area contributed by atoms with E-state index in [0.717, 1.165) is 38.3 Å². The second kappa shape index (κ2) is 11.6. The molecule has 2 fully saturated rings. The number of piperazine rings is 1. The van der Waals surface area contributed by atoms with Crippen LogP contribution < -0.4 is 15.0 Å². The first kappa shape index (κ1) is 29.1. The Bertz CT molecular complexity index is 1730. The fourth-order valence-corrected chi connectivity index (χ4v) is 5.92. The van der Waals surface area contributed by atoms with E-state index in [-0.39, 0.29) is 48.0 Å². The fourth-order valence-electron chi connectivity index (χ4n) is 5.92. The first-order valence-electron chi connectivity index (χ1n) is 14.5. The van der Waals surface area contributed by atoms with Crippen LogP contribution in [0.5, 0.6) is 11.5 Å². The Balaban J connectivity index is 1.25. The number of nitrogens with one attached hydrogen (secondary N) is 1. The Labute approximate surface area is 254 Å². The lowest BCUT2D eigenvalue weighted by Gasteiger charge is -2.34. The Morgan fingerprint density at radius 1 is 1.05 bits per heavy atom. The van der Waals surface area contributed by atoms with Crippen molar-refractivity contribution in [1.29, 1.82) is 0 Å². The number of fused-ring (bicyclic) bond motifs is 1. The number of aromatic hydroxyl groups is 1. The van der Waals surface area contributed by atoms with Crippen molar-refractivity contribution in [2.24, 2.45) is 5.41 Å². The molecule has 0 spiro atoms. The number of carbonyl (C=O) groups excluding carboxylic acids is 3. The molecule has 3 amide bonds. The van der Waals surface area contributed by atoms with Crippen molar-refractivity contribution in [2.75, 3.05) is 51.3 Å². The van der Waals surface area contributed by atoms with Gasteiger partial charge in [0.2, 0.25) is 11.8 Å². The third-order valence-corrected chi connectivity index (χ3v) is 8.48. The molecule has 4 heterocycles. The number of methoxy groups -OCH3 is 1. The van der Waals surface area contributed by atoms with Gasteiger partial charge in [-0.25, -0.2) is 9.37 Å². The topological polar surface area (TPSA) is 115 Å². The van der Waals surface area contributed by atoms with Crippen molar-refractivity contribution >= 4 is 23.5 Å². The van der Waals surface area contributed by atoms with Crippen molar-refractivity contribution in [3.63, 3.8) is 0 Å². The normalized spacial score (nSPS) is 19.9. The van der Waals surface area contributed by atoms with Gasteiger partial charge in [0.1, 0.15) is 34.2 Å². The van der Waals surface area contributed by atoms with Crippen molar-refractivity contribution in [1.82, 2.24) is 20.1 Å². The third-order valence-electron chi connectivity index (χ3n) is 8.48. The zero-order valence-corrected chi connectivity index (χ0v) is 24.5. The largest absolute Gasteiger partial charge is 0.506 e. The van der Waals surface area contributed by atoms with E-state index in [1.54, 1.807) is 30.3 Å². The molecule has 3 aliphatic heterocycles. The lowest BCUT2D eigenvalue weighted by Crippen LogP contribution is -2.46. The SMILES string of the molecule is CCN1CCN(c2ccc(O)c(-c3ccc(C#C[C@]4(CN5Cc6ccc(OC)cc6C5=O)CC(=O)NC4=O)cc3F)n2)CC1. The summed E-state index contributed by atoms with van der Waals surface area (Å²) in [7, 11) is 1.51. The van der Waals surface area contributed by atoms with Crippen LogP contribution in [0.25, 0.3) is 11.3 Å². The molecular weight excluding hydrogens is 565 g/mol. The van der Waals surface area contributed by atoms with Gasteiger partial charge in [-0.3, -0.25) is 19.7 Å². The van der Waals surface area contributed by atoms with Crippen LogP contribution in [0.15, 0.2) is 48.5 Å². The number of aromatic nitrogens is 1. The van der Waals surface area contributed by atoms with Crippen LogP contribution in [0.4, 0.5) is 10.2 Å². The molecule has 10 nitrogen and oxygen atoms in total. The predicted octanol–water partition coefficient (Wildman–Crippen LogP) is 2.78. The lowest BCUT2D eigenvalue weighted by atomic mass is 9.85. The molecule has 0 bridgehead atoms. The maximum Gasteiger partial charge on any atom is 0.254 e. The lowest BCUT2D eigenvalue weighted by molar-refractivity contribution is -0.127. The first-order chi connectivity index (χ1) is 21.2. The minimum atomic E-state index is -1.50. The molecule has 3 aromatic rings. The molecule has 1 atom stereocenters. The van der Waals surface area contributed by atoms with Crippen LogP contribution >= 0.6 is 0 Å². The Morgan fingerprint density at radius 3 is 2.52 bits per heavy atom. The highest BCUT2D eigenvalue weighted by molar-refractivity contribution is 6.08. The summed E-state index contributed by atoms with van der Waals surface area (Å²) in [5.41, 5.74) is 0.262. The highest BCUT2D eigenvalue weighted by Crippen LogP contribution is 2.35. The van der Waals surface area contributed by atoms with E-state index in [1.165, 1.54) is 30.2 Å². The predicted molar refractivity (Wildman–Crippen MR) is 160 cm³/mol. The van der Waals surface area contributed by atoms with Crippen LogP contribution in [0, 0.1) is 23.1 Å². The van der Waals surface area contributed by atoms with E-state index >= 15 is 4.39 Å². The molecule has 0 saturated carbocycles. The number of imide groups is 1. The summed E-state index contributed by atoms with van der Waals surface area (Å²) >= 11 is 0. The van der Waals surface area contributed by atoms with E-state index in [1.807, 2.05) is 0 Å². The molecule has 0 unspecified atom stereocenters. The molecule has 0 radical (unpaired) electrons.